The summed E-state index contributed by atoms with van der Waals surface area (Å²) in [7, 11) is 0. The Morgan fingerprint density at radius 2 is 2.06 bits per heavy atom. The van der Waals surface area contributed by atoms with E-state index in [0.29, 0.717) is 30.8 Å². The molecule has 0 radical (unpaired) electrons. The molecule has 0 saturated heterocycles. The summed E-state index contributed by atoms with van der Waals surface area (Å²) in [5.74, 6) is 5.69. The zero-order valence-electron chi connectivity index (χ0n) is 10.1. The molecule has 6 heteroatoms. The summed E-state index contributed by atoms with van der Waals surface area (Å²) in [6.07, 6.45) is -3.13. The third-order valence-electron chi connectivity index (χ3n) is 2.46. The molecule has 0 atom stereocenters. The van der Waals surface area contributed by atoms with E-state index in [4.69, 9.17) is 11.3 Å². The molecule has 0 amide bonds. The maximum atomic E-state index is 12.5. The van der Waals surface area contributed by atoms with E-state index in [2.05, 4.69) is 0 Å². The number of hydrogen-bond donors (Lipinski definition) is 2. The predicted molar refractivity (Wildman–Crippen MR) is 65.6 cm³/mol. The van der Waals surface area contributed by atoms with Crippen molar-refractivity contribution in [2.24, 2.45) is 5.84 Å². The van der Waals surface area contributed by atoms with Crippen molar-refractivity contribution in [1.29, 1.82) is 5.41 Å². The Morgan fingerprint density at radius 1 is 1.39 bits per heavy atom. The molecule has 3 nitrogen and oxygen atoms in total. The Labute approximate surface area is 104 Å². The zero-order chi connectivity index (χ0) is 13.8. The largest absolute Gasteiger partial charge is 0.416 e. The molecular weight excluding hydrogens is 243 g/mol. The highest BCUT2D eigenvalue weighted by Crippen LogP contribution is 2.31. The number of alkyl halides is 3. The number of nitrogens with zero attached hydrogens (tertiary/aromatic N) is 1. The van der Waals surface area contributed by atoms with Crippen LogP contribution in [0.2, 0.25) is 0 Å². The van der Waals surface area contributed by atoms with Crippen LogP contribution < -0.4 is 10.9 Å². The third-order valence-corrected chi connectivity index (χ3v) is 2.46. The van der Waals surface area contributed by atoms with E-state index in [-0.39, 0.29) is 0 Å². The van der Waals surface area contributed by atoms with E-state index >= 15 is 0 Å². The number of nitrogens with one attached hydrogen (secondary N) is 1. The van der Waals surface area contributed by atoms with Crippen LogP contribution in [0, 0.1) is 5.41 Å². The first kappa shape index (κ1) is 14.5. The Morgan fingerprint density at radius 3 is 2.61 bits per heavy atom. The number of anilines is 1. The Kier molecular flexibility index (Phi) is 4.72. The number of halogens is 3. The summed E-state index contributed by atoms with van der Waals surface area (Å²) < 4.78 is 37.5. The van der Waals surface area contributed by atoms with Crippen molar-refractivity contribution in [3.8, 4) is 0 Å². The van der Waals surface area contributed by atoms with Gasteiger partial charge < -0.3 is 10.4 Å². The lowest BCUT2D eigenvalue weighted by Crippen LogP contribution is -2.32. The maximum absolute atomic E-state index is 12.5. The number of benzene rings is 1. The van der Waals surface area contributed by atoms with Gasteiger partial charge >= 0.3 is 6.18 Å². The van der Waals surface area contributed by atoms with Crippen LogP contribution in [0.3, 0.4) is 0 Å². The minimum Gasteiger partial charge on any atom is -0.311 e. The lowest BCUT2D eigenvalue weighted by atomic mass is 10.2. The molecule has 0 spiro atoms. The molecule has 0 bridgehead atoms. The summed E-state index contributed by atoms with van der Waals surface area (Å²) in [5.41, 5.74) is 0.151. The third kappa shape index (κ3) is 4.37. The fourth-order valence-electron chi connectivity index (χ4n) is 1.50. The lowest BCUT2D eigenvalue weighted by molar-refractivity contribution is -0.137. The highest BCUT2D eigenvalue weighted by molar-refractivity contribution is 5.78. The molecule has 1 rings (SSSR count). The van der Waals surface area contributed by atoms with Gasteiger partial charge in [-0.1, -0.05) is 6.07 Å². The van der Waals surface area contributed by atoms with Crippen LogP contribution in [0.25, 0.3) is 0 Å². The number of rotatable bonds is 5. The van der Waals surface area contributed by atoms with Gasteiger partial charge in [-0.3, -0.25) is 0 Å². The van der Waals surface area contributed by atoms with Gasteiger partial charge in [0.1, 0.15) is 0 Å². The van der Waals surface area contributed by atoms with Crippen LogP contribution in [0.5, 0.6) is 0 Å². The molecule has 1 aromatic carbocycles. The first-order valence-corrected chi connectivity index (χ1v) is 5.54. The van der Waals surface area contributed by atoms with E-state index < -0.39 is 11.7 Å². The van der Waals surface area contributed by atoms with Crippen molar-refractivity contribution in [2.45, 2.75) is 25.9 Å². The SMILES string of the molecule is CC(=N)CCCN(N)c1cccc(C(F)(F)F)c1. The summed E-state index contributed by atoms with van der Waals surface area (Å²) in [6.45, 7) is 2.10. The van der Waals surface area contributed by atoms with Crippen molar-refractivity contribution < 1.29 is 13.2 Å². The van der Waals surface area contributed by atoms with Crippen molar-refractivity contribution in [1.82, 2.24) is 0 Å². The molecule has 0 fully saturated rings. The molecule has 0 aliphatic rings. The second-order valence-electron chi connectivity index (χ2n) is 4.13. The molecule has 0 aliphatic heterocycles. The molecule has 18 heavy (non-hydrogen) atoms. The van der Waals surface area contributed by atoms with Crippen LogP contribution >= 0.6 is 0 Å². The fraction of sp³-hybridized carbons (Fsp3) is 0.417. The van der Waals surface area contributed by atoms with Gasteiger partial charge in [0.15, 0.2) is 0 Å². The van der Waals surface area contributed by atoms with Crippen molar-refractivity contribution in [3.63, 3.8) is 0 Å². The zero-order valence-corrected chi connectivity index (χ0v) is 10.1. The average molecular weight is 259 g/mol. The van der Waals surface area contributed by atoms with Gasteiger partial charge in [-0.05, 0) is 38.0 Å². The van der Waals surface area contributed by atoms with Crippen molar-refractivity contribution in [2.75, 3.05) is 11.6 Å². The molecular formula is C12H16F3N3. The number of hydrazine groups is 1. The second kappa shape index (κ2) is 5.86. The maximum Gasteiger partial charge on any atom is 0.416 e. The van der Waals surface area contributed by atoms with E-state index in [1.807, 2.05) is 0 Å². The van der Waals surface area contributed by atoms with E-state index in [0.717, 1.165) is 12.1 Å². The Balaban J connectivity index is 2.68. The fourth-order valence-corrected chi connectivity index (χ4v) is 1.50. The molecule has 0 aliphatic carbocycles. The second-order valence-corrected chi connectivity index (χ2v) is 4.13. The van der Waals surface area contributed by atoms with Crippen molar-refractivity contribution in [3.05, 3.63) is 29.8 Å². The molecule has 1 aromatic rings. The lowest BCUT2D eigenvalue weighted by Gasteiger charge is -2.19. The number of nitrogens with two attached hydrogens (primary N) is 1. The van der Waals surface area contributed by atoms with Gasteiger partial charge in [0, 0.05) is 12.3 Å². The first-order valence-electron chi connectivity index (χ1n) is 5.54. The highest BCUT2D eigenvalue weighted by Gasteiger charge is 2.30. The summed E-state index contributed by atoms with van der Waals surface area (Å²) >= 11 is 0. The van der Waals surface area contributed by atoms with Gasteiger partial charge in [-0.25, -0.2) is 5.84 Å². The standard InChI is InChI=1S/C12H16F3N3/c1-9(16)4-3-7-18(17)11-6-2-5-10(8-11)12(13,14)15/h2,5-6,8,16H,3-4,7,17H2,1H3. The molecule has 0 saturated carbocycles. The van der Waals surface area contributed by atoms with E-state index in [1.54, 1.807) is 6.92 Å². The van der Waals surface area contributed by atoms with Crippen LogP contribution in [0.4, 0.5) is 18.9 Å². The van der Waals surface area contributed by atoms with Gasteiger partial charge in [0.2, 0.25) is 0 Å². The van der Waals surface area contributed by atoms with Crippen molar-refractivity contribution >= 4 is 11.4 Å². The molecule has 3 N–H and O–H groups in total. The van der Waals surface area contributed by atoms with Gasteiger partial charge in [-0.15, -0.1) is 0 Å². The van der Waals surface area contributed by atoms with Crippen LogP contribution in [-0.2, 0) is 6.18 Å². The topological polar surface area (TPSA) is 53.1 Å². The quantitative estimate of drug-likeness (QED) is 0.484. The molecule has 0 aromatic heterocycles. The Hall–Kier alpha value is -1.56. The summed E-state index contributed by atoms with van der Waals surface area (Å²) in [4.78, 5) is 0. The minimum absolute atomic E-state index is 0.326. The first-order chi connectivity index (χ1) is 8.30. The summed E-state index contributed by atoms with van der Waals surface area (Å²) in [6, 6.07) is 4.91. The minimum atomic E-state index is -4.36. The molecule has 0 heterocycles. The Bertz CT molecular complexity index is 415. The molecule has 0 unspecified atom stereocenters. The monoisotopic (exact) mass is 259 g/mol. The van der Waals surface area contributed by atoms with Crippen LogP contribution in [0.1, 0.15) is 25.3 Å². The normalized spacial score (nSPS) is 11.4. The van der Waals surface area contributed by atoms with Gasteiger partial charge in [0.25, 0.3) is 0 Å². The molecule has 100 valence electrons. The van der Waals surface area contributed by atoms with Gasteiger partial charge in [-0.2, -0.15) is 13.2 Å². The van der Waals surface area contributed by atoms with E-state index in [1.165, 1.54) is 17.1 Å². The highest BCUT2D eigenvalue weighted by atomic mass is 19.4. The number of hydrogen-bond acceptors (Lipinski definition) is 3. The van der Waals surface area contributed by atoms with E-state index in [9.17, 15) is 13.2 Å². The van der Waals surface area contributed by atoms with Crippen LogP contribution in [0.15, 0.2) is 24.3 Å². The van der Waals surface area contributed by atoms with Gasteiger partial charge in [0.05, 0.1) is 11.3 Å². The smallest absolute Gasteiger partial charge is 0.311 e. The summed E-state index contributed by atoms with van der Waals surface area (Å²) in [5, 5.41) is 8.53. The van der Waals surface area contributed by atoms with Crippen LogP contribution in [-0.4, -0.2) is 12.3 Å². The predicted octanol–water partition coefficient (Wildman–Crippen LogP) is 3.21. The average Bonchev–Trinajstić information content (AvgIpc) is 2.27.